The van der Waals surface area contributed by atoms with Gasteiger partial charge in [0.25, 0.3) is 0 Å². The van der Waals surface area contributed by atoms with E-state index in [2.05, 4.69) is 0 Å². The second-order valence-corrected chi connectivity index (χ2v) is 0.908. The lowest BCUT2D eigenvalue weighted by molar-refractivity contribution is -0.114. The first-order chi connectivity index (χ1) is 2.73. The molecule has 0 amide bonds. The van der Waals surface area contributed by atoms with E-state index in [1.807, 2.05) is 0 Å². The Morgan fingerprint density at radius 1 is 1.29 bits per heavy atom. The number of carbonyl (C=O) groups excluding carboxylic acids is 1. The average Bonchev–Trinajstić information content (AvgIpc) is 1.41. The quantitative estimate of drug-likeness (QED) is 0.517. The van der Waals surface area contributed by atoms with Crippen LogP contribution < -0.4 is 0 Å². The molecule has 0 radical (unpaired) electrons. The SMILES string of the molecule is CC(C)=O.CO.Cl. The third kappa shape index (κ3) is 14200. The van der Waals surface area contributed by atoms with Crippen LogP contribution in [0.3, 0.4) is 0 Å². The molecule has 0 aromatic carbocycles. The maximum Gasteiger partial charge on any atom is 0.126 e. The molecule has 0 aromatic rings. The lowest BCUT2D eigenvalue weighted by atomic mass is 10.6. The average molecular weight is 127 g/mol. The lowest BCUT2D eigenvalue weighted by Crippen LogP contribution is -1.69. The van der Waals surface area contributed by atoms with Gasteiger partial charge in [0.05, 0.1) is 0 Å². The van der Waals surface area contributed by atoms with Crippen molar-refractivity contribution in [3.8, 4) is 0 Å². The van der Waals surface area contributed by atoms with Crippen LogP contribution in [-0.2, 0) is 4.79 Å². The van der Waals surface area contributed by atoms with Gasteiger partial charge in [0.15, 0.2) is 0 Å². The minimum Gasteiger partial charge on any atom is -0.400 e. The summed E-state index contributed by atoms with van der Waals surface area (Å²) in [5.41, 5.74) is 0. The summed E-state index contributed by atoms with van der Waals surface area (Å²) in [4.78, 5) is 9.44. The zero-order chi connectivity index (χ0) is 5.58. The Morgan fingerprint density at radius 3 is 1.29 bits per heavy atom. The molecule has 0 saturated carbocycles. The maximum absolute atomic E-state index is 9.44. The fourth-order valence-corrected chi connectivity index (χ4v) is 0. The molecule has 0 saturated heterocycles. The van der Waals surface area contributed by atoms with E-state index in [9.17, 15) is 4.79 Å². The van der Waals surface area contributed by atoms with Crippen LogP contribution in [0.1, 0.15) is 13.8 Å². The van der Waals surface area contributed by atoms with Gasteiger partial charge >= 0.3 is 0 Å². The van der Waals surface area contributed by atoms with E-state index in [-0.39, 0.29) is 18.2 Å². The van der Waals surface area contributed by atoms with Gasteiger partial charge in [0, 0.05) is 7.11 Å². The molecule has 3 heteroatoms. The Kier molecular flexibility index (Phi) is 37.9. The molecule has 7 heavy (non-hydrogen) atoms. The van der Waals surface area contributed by atoms with Crippen molar-refractivity contribution in [2.75, 3.05) is 7.11 Å². The summed E-state index contributed by atoms with van der Waals surface area (Å²) in [6.07, 6.45) is 0. The molecule has 0 atom stereocenters. The predicted octanol–water partition coefficient (Wildman–Crippen LogP) is 0.626. The van der Waals surface area contributed by atoms with E-state index in [0.29, 0.717) is 0 Å². The van der Waals surface area contributed by atoms with Gasteiger partial charge in [-0.2, -0.15) is 0 Å². The first-order valence-corrected chi connectivity index (χ1v) is 1.65. The Bertz CT molecular complexity index is 32.7. The standard InChI is InChI=1S/C3H6O.CH4O.ClH/c1-3(2)4;1-2;/h1-2H3;2H,1H3;1H. The number of aliphatic hydroxyl groups excluding tert-OH is 1. The van der Waals surface area contributed by atoms with E-state index in [0.717, 1.165) is 7.11 Å². The van der Waals surface area contributed by atoms with E-state index >= 15 is 0 Å². The van der Waals surface area contributed by atoms with Crippen LogP contribution >= 0.6 is 12.4 Å². The minimum atomic E-state index is 0. The number of aliphatic hydroxyl groups is 1. The third-order valence-electron chi connectivity index (χ3n) is 0. The molecule has 0 aliphatic carbocycles. The zero-order valence-electron chi connectivity index (χ0n) is 4.76. The number of rotatable bonds is 0. The lowest BCUT2D eigenvalue weighted by Gasteiger charge is -1.56. The summed E-state index contributed by atoms with van der Waals surface area (Å²) in [7, 11) is 1.00. The van der Waals surface area contributed by atoms with Gasteiger partial charge in [-0.25, -0.2) is 0 Å². The largest absolute Gasteiger partial charge is 0.400 e. The van der Waals surface area contributed by atoms with Crippen molar-refractivity contribution in [3.05, 3.63) is 0 Å². The summed E-state index contributed by atoms with van der Waals surface area (Å²) in [6.45, 7) is 3.06. The van der Waals surface area contributed by atoms with E-state index in [1.54, 1.807) is 0 Å². The van der Waals surface area contributed by atoms with Gasteiger partial charge in [-0.05, 0) is 13.8 Å². The van der Waals surface area contributed by atoms with Crippen molar-refractivity contribution < 1.29 is 9.90 Å². The normalized spacial score (nSPS) is 4.57. The molecule has 0 bridgehead atoms. The monoisotopic (exact) mass is 126 g/mol. The van der Waals surface area contributed by atoms with Crippen LogP contribution in [0.2, 0.25) is 0 Å². The van der Waals surface area contributed by atoms with Crippen molar-refractivity contribution in [1.29, 1.82) is 0 Å². The Labute approximate surface area is 49.9 Å². The van der Waals surface area contributed by atoms with Crippen LogP contribution in [0.4, 0.5) is 0 Å². The second kappa shape index (κ2) is 16.8. The highest BCUT2D eigenvalue weighted by atomic mass is 35.5. The minimum absolute atomic E-state index is 0. The molecule has 0 spiro atoms. The maximum atomic E-state index is 9.44. The molecule has 46 valence electrons. The van der Waals surface area contributed by atoms with Crippen molar-refractivity contribution in [2.45, 2.75) is 13.8 Å². The van der Waals surface area contributed by atoms with Gasteiger partial charge in [-0.1, -0.05) is 0 Å². The van der Waals surface area contributed by atoms with Gasteiger partial charge in [0.1, 0.15) is 5.78 Å². The molecule has 1 N–H and O–H groups in total. The number of halogens is 1. The topological polar surface area (TPSA) is 37.3 Å². The smallest absolute Gasteiger partial charge is 0.126 e. The molecule has 0 rings (SSSR count). The van der Waals surface area contributed by atoms with Crippen LogP contribution in [0, 0.1) is 0 Å². The zero-order valence-corrected chi connectivity index (χ0v) is 5.58. The van der Waals surface area contributed by atoms with Crippen molar-refractivity contribution in [2.24, 2.45) is 0 Å². The molecular weight excluding hydrogens is 115 g/mol. The van der Waals surface area contributed by atoms with Gasteiger partial charge in [0.2, 0.25) is 0 Å². The van der Waals surface area contributed by atoms with Crippen molar-refractivity contribution in [1.82, 2.24) is 0 Å². The Balaban J connectivity index is -0.0000000480. The number of ketones is 1. The Morgan fingerprint density at radius 2 is 1.29 bits per heavy atom. The number of Topliss-reactive ketones (excluding diaryl/α,β-unsaturated/α-hetero) is 1. The summed E-state index contributed by atoms with van der Waals surface area (Å²) < 4.78 is 0. The molecule has 0 unspecified atom stereocenters. The van der Waals surface area contributed by atoms with Gasteiger partial charge in [-0.15, -0.1) is 12.4 Å². The van der Waals surface area contributed by atoms with Crippen molar-refractivity contribution in [3.63, 3.8) is 0 Å². The number of carbonyl (C=O) groups is 1. The predicted molar refractivity (Wildman–Crippen MR) is 31.7 cm³/mol. The first-order valence-electron chi connectivity index (χ1n) is 1.65. The number of hydrogen-bond donors (Lipinski definition) is 1. The molecule has 0 aromatic heterocycles. The van der Waals surface area contributed by atoms with Crippen LogP contribution in [0.5, 0.6) is 0 Å². The first kappa shape index (κ1) is 15.8. The highest BCUT2D eigenvalue weighted by Crippen LogP contribution is 1.50. The summed E-state index contributed by atoms with van der Waals surface area (Å²) in [5.74, 6) is 0.167. The summed E-state index contributed by atoms with van der Waals surface area (Å²) >= 11 is 0. The molecule has 2 nitrogen and oxygen atoms in total. The molecule has 0 fully saturated rings. The van der Waals surface area contributed by atoms with Crippen LogP contribution in [0.25, 0.3) is 0 Å². The van der Waals surface area contributed by atoms with Crippen molar-refractivity contribution >= 4 is 18.2 Å². The highest BCUT2D eigenvalue weighted by molar-refractivity contribution is 5.85. The molecule has 0 aliphatic heterocycles. The van der Waals surface area contributed by atoms with Gasteiger partial charge < -0.3 is 9.90 Å². The second-order valence-electron chi connectivity index (χ2n) is 0.908. The third-order valence-corrected chi connectivity index (χ3v) is 0. The van der Waals surface area contributed by atoms with E-state index < -0.39 is 0 Å². The van der Waals surface area contributed by atoms with Gasteiger partial charge in [-0.3, -0.25) is 0 Å². The van der Waals surface area contributed by atoms with Crippen LogP contribution in [0.15, 0.2) is 0 Å². The molecule has 0 heterocycles. The van der Waals surface area contributed by atoms with E-state index in [1.165, 1.54) is 13.8 Å². The summed E-state index contributed by atoms with van der Waals surface area (Å²) in [6, 6.07) is 0. The highest BCUT2D eigenvalue weighted by Gasteiger charge is 1.62. The van der Waals surface area contributed by atoms with Crippen LogP contribution in [-0.4, -0.2) is 18.0 Å². The number of hydrogen-bond acceptors (Lipinski definition) is 2. The molecular formula is C4H11ClO2. The van der Waals surface area contributed by atoms with E-state index in [4.69, 9.17) is 5.11 Å². The fourth-order valence-electron chi connectivity index (χ4n) is 0. The fraction of sp³-hybridized carbons (Fsp3) is 0.750. The Hall–Kier alpha value is -0.0800. The molecule has 0 aliphatic rings. The summed E-state index contributed by atoms with van der Waals surface area (Å²) in [5, 5.41) is 7.00.